The molecule has 0 amide bonds. The Balaban J connectivity index is 1.66. The van der Waals surface area contributed by atoms with Gasteiger partial charge >= 0.3 is 0 Å². The molecule has 3 heterocycles. The van der Waals surface area contributed by atoms with E-state index in [0.717, 1.165) is 38.8 Å². The van der Waals surface area contributed by atoms with Crippen LogP contribution in [-0.2, 0) is 4.74 Å². The van der Waals surface area contributed by atoms with E-state index in [0.29, 0.717) is 6.61 Å². The molecule has 2 atom stereocenters. The Bertz CT molecular complexity index is 517. The van der Waals surface area contributed by atoms with Crippen molar-refractivity contribution < 1.29 is 18.3 Å². The Kier molecular flexibility index (Phi) is 4.54. The predicted octanol–water partition coefficient (Wildman–Crippen LogP) is 2.44. The third kappa shape index (κ3) is 2.79. The molecule has 2 saturated heterocycles. The summed E-state index contributed by atoms with van der Waals surface area (Å²) in [6, 6.07) is 0.227. The number of aromatic nitrogens is 2. The molecule has 5 nitrogen and oxygen atoms in total. The molecular formula is C15H21F2N3O2. The van der Waals surface area contributed by atoms with Gasteiger partial charge in [0.2, 0.25) is 5.88 Å². The quantitative estimate of drug-likeness (QED) is 0.807. The molecule has 7 heteroatoms. The van der Waals surface area contributed by atoms with Gasteiger partial charge in [-0.25, -0.2) is 18.7 Å². The number of alkyl halides is 2. The fraction of sp³-hybridized carbons (Fsp3) is 0.733. The van der Waals surface area contributed by atoms with E-state index in [9.17, 15) is 8.78 Å². The molecule has 0 N–H and O–H groups in total. The van der Waals surface area contributed by atoms with Crippen LogP contribution in [0.3, 0.4) is 0 Å². The monoisotopic (exact) mass is 313 g/mol. The summed E-state index contributed by atoms with van der Waals surface area (Å²) in [5, 5.41) is 0. The van der Waals surface area contributed by atoms with E-state index in [1.54, 1.807) is 7.11 Å². The number of halogens is 2. The lowest BCUT2D eigenvalue weighted by Gasteiger charge is -2.34. The lowest BCUT2D eigenvalue weighted by atomic mass is 9.95. The normalized spacial score (nSPS) is 28.3. The lowest BCUT2D eigenvalue weighted by molar-refractivity contribution is 0.0389. The fourth-order valence-electron chi connectivity index (χ4n) is 3.83. The largest absolute Gasteiger partial charge is 0.475 e. The minimum atomic E-state index is -2.67. The Morgan fingerprint density at radius 2 is 2.18 bits per heavy atom. The maximum atomic E-state index is 12.9. The second kappa shape index (κ2) is 6.42. The van der Waals surface area contributed by atoms with Gasteiger partial charge in [-0.05, 0) is 32.2 Å². The number of methoxy groups -OCH3 is 1. The molecule has 3 rings (SSSR count). The molecule has 1 aromatic heterocycles. The lowest BCUT2D eigenvalue weighted by Crippen LogP contribution is -2.47. The van der Waals surface area contributed by atoms with Gasteiger partial charge in [-0.3, -0.25) is 4.90 Å². The van der Waals surface area contributed by atoms with Crippen LogP contribution in [0.15, 0.2) is 12.4 Å². The first-order valence-corrected chi connectivity index (χ1v) is 7.64. The average molecular weight is 313 g/mol. The van der Waals surface area contributed by atoms with E-state index < -0.39 is 6.43 Å². The third-order valence-electron chi connectivity index (χ3n) is 4.76. The van der Waals surface area contributed by atoms with Crippen molar-refractivity contribution in [1.82, 2.24) is 14.9 Å². The summed E-state index contributed by atoms with van der Waals surface area (Å²) in [6.07, 6.45) is 4.30. The highest BCUT2D eigenvalue weighted by atomic mass is 19.3. The Labute approximate surface area is 128 Å². The highest BCUT2D eigenvalue weighted by Gasteiger charge is 2.49. The topological polar surface area (TPSA) is 47.5 Å². The van der Waals surface area contributed by atoms with Gasteiger partial charge in [0.05, 0.1) is 6.61 Å². The molecule has 0 aromatic carbocycles. The molecule has 2 aliphatic heterocycles. The molecule has 0 saturated carbocycles. The molecule has 22 heavy (non-hydrogen) atoms. The Hall–Kier alpha value is -1.34. The first-order valence-electron chi connectivity index (χ1n) is 7.64. The zero-order valence-corrected chi connectivity index (χ0v) is 12.7. The van der Waals surface area contributed by atoms with Gasteiger partial charge in [-0.2, -0.15) is 0 Å². The van der Waals surface area contributed by atoms with Crippen LogP contribution in [0.4, 0.5) is 8.78 Å². The first-order chi connectivity index (χ1) is 10.7. The Morgan fingerprint density at radius 1 is 1.36 bits per heavy atom. The highest BCUT2D eigenvalue weighted by molar-refractivity contribution is 5.18. The van der Waals surface area contributed by atoms with Crippen molar-refractivity contribution in [2.45, 2.75) is 43.7 Å². The van der Waals surface area contributed by atoms with Gasteiger partial charge in [-0.1, -0.05) is 0 Å². The van der Waals surface area contributed by atoms with Crippen molar-refractivity contribution in [2.24, 2.45) is 0 Å². The van der Waals surface area contributed by atoms with E-state index in [4.69, 9.17) is 9.47 Å². The number of nitrogens with zero attached hydrogens (tertiary/aromatic N) is 3. The summed E-state index contributed by atoms with van der Waals surface area (Å²) in [6.45, 7) is 2.10. The summed E-state index contributed by atoms with van der Waals surface area (Å²) >= 11 is 0. The average Bonchev–Trinajstić information content (AvgIpc) is 3.05. The van der Waals surface area contributed by atoms with Crippen LogP contribution in [0.25, 0.3) is 0 Å². The van der Waals surface area contributed by atoms with E-state index in [-0.39, 0.29) is 23.2 Å². The molecule has 1 aromatic rings. The predicted molar refractivity (Wildman–Crippen MR) is 76.1 cm³/mol. The van der Waals surface area contributed by atoms with Crippen molar-refractivity contribution in [3.8, 4) is 5.88 Å². The van der Waals surface area contributed by atoms with Gasteiger partial charge in [0, 0.05) is 31.1 Å². The van der Waals surface area contributed by atoms with Crippen molar-refractivity contribution in [3.63, 3.8) is 0 Å². The second-order valence-corrected chi connectivity index (χ2v) is 6.01. The smallest absolute Gasteiger partial charge is 0.285 e. The van der Waals surface area contributed by atoms with E-state index in [2.05, 4.69) is 14.9 Å². The van der Waals surface area contributed by atoms with Crippen molar-refractivity contribution in [2.75, 3.05) is 26.9 Å². The maximum Gasteiger partial charge on any atom is 0.285 e. The van der Waals surface area contributed by atoms with Gasteiger partial charge in [0.25, 0.3) is 6.43 Å². The first kappa shape index (κ1) is 15.6. The molecular weight excluding hydrogens is 292 g/mol. The van der Waals surface area contributed by atoms with Crippen LogP contribution in [0.5, 0.6) is 5.88 Å². The molecule has 0 bridgehead atoms. The van der Waals surface area contributed by atoms with Crippen LogP contribution in [-0.4, -0.2) is 53.3 Å². The number of fused-ring (bicyclic) bond motifs is 1. The summed E-state index contributed by atoms with van der Waals surface area (Å²) in [5.74, 6) is -0.0547. The van der Waals surface area contributed by atoms with Gasteiger partial charge in [-0.15, -0.1) is 0 Å². The summed E-state index contributed by atoms with van der Waals surface area (Å²) in [7, 11) is 1.73. The molecule has 0 unspecified atom stereocenters. The van der Waals surface area contributed by atoms with Crippen LogP contribution in [0, 0.1) is 0 Å². The van der Waals surface area contributed by atoms with Crippen molar-refractivity contribution in [3.05, 3.63) is 18.1 Å². The number of ether oxygens (including phenoxy) is 2. The minimum Gasteiger partial charge on any atom is -0.475 e. The third-order valence-corrected chi connectivity index (χ3v) is 4.76. The van der Waals surface area contributed by atoms with Gasteiger partial charge in [0.15, 0.2) is 5.69 Å². The van der Waals surface area contributed by atoms with Gasteiger partial charge in [0.1, 0.15) is 6.61 Å². The molecule has 122 valence electrons. The fourth-order valence-corrected chi connectivity index (χ4v) is 3.83. The van der Waals surface area contributed by atoms with E-state index in [1.165, 1.54) is 12.4 Å². The molecule has 2 fully saturated rings. The van der Waals surface area contributed by atoms with Crippen LogP contribution in [0.2, 0.25) is 0 Å². The molecule has 0 radical (unpaired) electrons. The van der Waals surface area contributed by atoms with Gasteiger partial charge < -0.3 is 9.47 Å². The van der Waals surface area contributed by atoms with Crippen LogP contribution < -0.4 is 4.74 Å². The number of hydrogen-bond donors (Lipinski definition) is 0. The highest BCUT2D eigenvalue weighted by Crippen LogP contribution is 2.42. The SMILES string of the molecule is COC[C@@]12CCCN1[C@H](COc1nccnc1C(F)F)CC2. The number of hydrogen-bond acceptors (Lipinski definition) is 5. The van der Waals surface area contributed by atoms with E-state index in [1.807, 2.05) is 0 Å². The summed E-state index contributed by atoms with van der Waals surface area (Å²) in [4.78, 5) is 9.98. The van der Waals surface area contributed by atoms with E-state index >= 15 is 0 Å². The van der Waals surface area contributed by atoms with Crippen LogP contribution >= 0.6 is 0 Å². The molecule has 2 aliphatic rings. The van der Waals surface area contributed by atoms with Crippen LogP contribution in [0.1, 0.15) is 37.8 Å². The van der Waals surface area contributed by atoms with Crippen molar-refractivity contribution >= 4 is 0 Å². The summed E-state index contributed by atoms with van der Waals surface area (Å²) < 4.78 is 36.8. The Morgan fingerprint density at radius 3 is 2.95 bits per heavy atom. The summed E-state index contributed by atoms with van der Waals surface area (Å²) in [5.41, 5.74) is -0.276. The minimum absolute atomic E-state index is 0.0547. The molecule has 0 spiro atoms. The second-order valence-electron chi connectivity index (χ2n) is 6.01. The zero-order chi connectivity index (χ0) is 15.6. The molecule has 0 aliphatic carbocycles. The standard InChI is InChI=1S/C15H21F2N3O2/c1-21-10-15-4-2-8-20(15)11(3-5-15)9-22-14-12(13(16)17)18-6-7-19-14/h6-7,11,13H,2-5,8-10H2,1H3/t11-,15-/m0/s1. The van der Waals surface area contributed by atoms with Crippen molar-refractivity contribution in [1.29, 1.82) is 0 Å². The zero-order valence-electron chi connectivity index (χ0n) is 12.7. The number of rotatable bonds is 6. The maximum absolute atomic E-state index is 12.9.